The topological polar surface area (TPSA) is 66.2 Å². The molecule has 0 aliphatic rings. The lowest BCUT2D eigenvalue weighted by atomic mass is 10.1. The molecule has 1 atom stereocenters. The monoisotopic (exact) mass is 213 g/mol. The van der Waals surface area contributed by atoms with Crippen LogP contribution in [0.2, 0.25) is 0 Å². The molecule has 1 aromatic heterocycles. The highest BCUT2D eigenvalue weighted by atomic mass is 35.5. The van der Waals surface area contributed by atoms with E-state index in [0.29, 0.717) is 16.7 Å². The molecule has 0 bridgehead atoms. The van der Waals surface area contributed by atoms with Crippen molar-refractivity contribution in [3.8, 4) is 0 Å². The highest BCUT2D eigenvalue weighted by molar-refractivity contribution is 6.18. The zero-order valence-electron chi connectivity index (χ0n) is 7.16. The van der Waals surface area contributed by atoms with Crippen molar-refractivity contribution in [1.29, 1.82) is 0 Å². The van der Waals surface area contributed by atoms with Gasteiger partial charge >= 0.3 is 5.76 Å². The quantitative estimate of drug-likeness (QED) is 0.741. The van der Waals surface area contributed by atoms with Crippen molar-refractivity contribution in [2.24, 2.45) is 0 Å². The molecular formula is C9H8ClNO3. The normalized spacial score (nSPS) is 13.3. The molecular weight excluding hydrogens is 206 g/mol. The number of hydrogen-bond donors (Lipinski definition) is 2. The van der Waals surface area contributed by atoms with Gasteiger partial charge in [-0.05, 0) is 17.7 Å². The van der Waals surface area contributed by atoms with Crippen LogP contribution in [0, 0.1) is 0 Å². The number of alkyl halides is 1. The molecule has 0 saturated carbocycles. The van der Waals surface area contributed by atoms with E-state index in [9.17, 15) is 9.90 Å². The van der Waals surface area contributed by atoms with Crippen LogP contribution in [0.3, 0.4) is 0 Å². The molecule has 1 heterocycles. The summed E-state index contributed by atoms with van der Waals surface area (Å²) in [5.74, 6) is -0.384. The molecule has 1 aromatic carbocycles. The van der Waals surface area contributed by atoms with E-state index in [1.807, 2.05) is 0 Å². The molecule has 0 radical (unpaired) electrons. The zero-order valence-corrected chi connectivity index (χ0v) is 7.91. The Bertz CT molecular complexity index is 502. The number of benzene rings is 1. The van der Waals surface area contributed by atoms with Gasteiger partial charge < -0.3 is 9.52 Å². The number of nitrogens with one attached hydrogen (secondary N) is 1. The molecule has 0 amide bonds. The maximum atomic E-state index is 10.8. The smallest absolute Gasteiger partial charge is 0.408 e. The lowest BCUT2D eigenvalue weighted by molar-refractivity contribution is 0.203. The Kier molecular flexibility index (Phi) is 2.31. The zero-order chi connectivity index (χ0) is 10.1. The van der Waals surface area contributed by atoms with E-state index < -0.39 is 11.9 Å². The summed E-state index contributed by atoms with van der Waals surface area (Å²) >= 11 is 5.50. The first-order valence-electron chi connectivity index (χ1n) is 4.07. The van der Waals surface area contributed by atoms with Gasteiger partial charge in [0.25, 0.3) is 0 Å². The fraction of sp³-hybridized carbons (Fsp3) is 0.222. The number of aliphatic hydroxyl groups excluding tert-OH is 1. The summed E-state index contributed by atoms with van der Waals surface area (Å²) in [6.07, 6.45) is -0.723. The Labute approximate surface area is 84.1 Å². The summed E-state index contributed by atoms with van der Waals surface area (Å²) in [4.78, 5) is 13.3. The maximum Gasteiger partial charge on any atom is 0.417 e. The summed E-state index contributed by atoms with van der Waals surface area (Å²) in [7, 11) is 0. The van der Waals surface area contributed by atoms with Gasteiger partial charge in [-0.15, -0.1) is 11.6 Å². The summed E-state index contributed by atoms with van der Waals surface area (Å²) < 4.78 is 4.81. The largest absolute Gasteiger partial charge is 0.417 e. The van der Waals surface area contributed by atoms with Gasteiger partial charge in [0.15, 0.2) is 5.58 Å². The number of oxazole rings is 1. The van der Waals surface area contributed by atoms with Crippen molar-refractivity contribution in [1.82, 2.24) is 4.98 Å². The Morgan fingerprint density at radius 1 is 1.57 bits per heavy atom. The minimum atomic E-state index is -0.723. The molecule has 2 aromatic rings. The van der Waals surface area contributed by atoms with Crippen molar-refractivity contribution >= 4 is 22.7 Å². The Morgan fingerprint density at radius 3 is 3.07 bits per heavy atom. The Balaban J connectivity index is 2.55. The van der Waals surface area contributed by atoms with Crippen LogP contribution in [0.25, 0.3) is 11.1 Å². The van der Waals surface area contributed by atoms with E-state index in [4.69, 9.17) is 16.0 Å². The van der Waals surface area contributed by atoms with E-state index in [-0.39, 0.29) is 5.88 Å². The lowest BCUT2D eigenvalue weighted by Crippen LogP contribution is -1.98. The van der Waals surface area contributed by atoms with E-state index in [1.165, 1.54) is 0 Å². The Morgan fingerprint density at radius 2 is 2.36 bits per heavy atom. The molecule has 5 heteroatoms. The van der Waals surface area contributed by atoms with Crippen LogP contribution >= 0.6 is 11.6 Å². The number of aromatic amines is 1. The first kappa shape index (κ1) is 9.30. The molecule has 0 saturated heterocycles. The fourth-order valence-electron chi connectivity index (χ4n) is 1.27. The fourth-order valence-corrected chi connectivity index (χ4v) is 1.44. The predicted octanol–water partition coefficient (Wildman–Crippen LogP) is 1.39. The minimum absolute atomic E-state index is 0.119. The van der Waals surface area contributed by atoms with Crippen molar-refractivity contribution < 1.29 is 9.52 Å². The van der Waals surface area contributed by atoms with Gasteiger partial charge in [0, 0.05) is 0 Å². The van der Waals surface area contributed by atoms with E-state index in [2.05, 4.69) is 4.98 Å². The predicted molar refractivity (Wildman–Crippen MR) is 52.5 cm³/mol. The summed E-state index contributed by atoms with van der Waals surface area (Å²) in [5, 5.41) is 9.44. The van der Waals surface area contributed by atoms with Crippen molar-refractivity contribution in [2.45, 2.75) is 6.10 Å². The third kappa shape index (κ3) is 1.54. The van der Waals surface area contributed by atoms with Gasteiger partial charge in [-0.25, -0.2) is 4.79 Å². The number of aromatic nitrogens is 1. The number of aliphatic hydroxyl groups is 1. The summed E-state index contributed by atoms with van der Waals surface area (Å²) in [5.41, 5.74) is 1.70. The van der Waals surface area contributed by atoms with E-state index >= 15 is 0 Å². The number of halogens is 1. The van der Waals surface area contributed by atoms with Crippen molar-refractivity contribution in [3.63, 3.8) is 0 Å². The molecule has 2 N–H and O–H groups in total. The van der Waals surface area contributed by atoms with Gasteiger partial charge in [-0.3, -0.25) is 4.98 Å². The van der Waals surface area contributed by atoms with Crippen LogP contribution in [-0.2, 0) is 0 Å². The van der Waals surface area contributed by atoms with Crippen LogP contribution in [0.1, 0.15) is 11.7 Å². The van der Waals surface area contributed by atoms with Gasteiger partial charge in [-0.2, -0.15) is 0 Å². The number of rotatable bonds is 2. The van der Waals surface area contributed by atoms with Crippen LogP contribution < -0.4 is 5.76 Å². The highest BCUT2D eigenvalue weighted by Crippen LogP contribution is 2.18. The molecule has 2 rings (SSSR count). The third-order valence-electron chi connectivity index (χ3n) is 1.97. The van der Waals surface area contributed by atoms with Crippen LogP contribution in [0.5, 0.6) is 0 Å². The average molecular weight is 214 g/mol. The molecule has 1 unspecified atom stereocenters. The minimum Gasteiger partial charge on any atom is -0.408 e. The average Bonchev–Trinajstić information content (AvgIpc) is 2.55. The van der Waals surface area contributed by atoms with Crippen LogP contribution in [0.15, 0.2) is 27.4 Å². The van der Waals surface area contributed by atoms with Crippen molar-refractivity contribution in [2.75, 3.05) is 5.88 Å². The highest BCUT2D eigenvalue weighted by Gasteiger charge is 2.08. The SMILES string of the molecule is O=c1[nH]c2cc(C(O)CCl)ccc2o1. The van der Waals surface area contributed by atoms with Crippen molar-refractivity contribution in [3.05, 3.63) is 34.3 Å². The first-order chi connectivity index (χ1) is 6.70. The van der Waals surface area contributed by atoms with Crippen LogP contribution in [0.4, 0.5) is 0 Å². The first-order valence-corrected chi connectivity index (χ1v) is 4.61. The summed E-state index contributed by atoms with van der Waals surface area (Å²) in [6, 6.07) is 4.94. The van der Waals surface area contributed by atoms with Gasteiger partial charge in [0.05, 0.1) is 17.5 Å². The molecule has 0 aliphatic heterocycles. The molecule has 14 heavy (non-hydrogen) atoms. The second-order valence-electron chi connectivity index (χ2n) is 2.94. The number of fused-ring (bicyclic) bond motifs is 1. The maximum absolute atomic E-state index is 10.8. The molecule has 4 nitrogen and oxygen atoms in total. The number of H-pyrrole nitrogens is 1. The standard InChI is InChI=1S/C9H8ClNO3/c10-4-7(12)5-1-2-8-6(3-5)11-9(13)14-8/h1-3,7,12H,4H2,(H,11,13). The summed E-state index contributed by atoms with van der Waals surface area (Å²) in [6.45, 7) is 0. The van der Waals surface area contributed by atoms with Gasteiger partial charge in [0.1, 0.15) is 0 Å². The second-order valence-corrected chi connectivity index (χ2v) is 3.25. The molecule has 74 valence electrons. The number of hydrogen-bond acceptors (Lipinski definition) is 3. The third-order valence-corrected chi connectivity index (χ3v) is 2.27. The van der Waals surface area contributed by atoms with Gasteiger partial charge in [-0.1, -0.05) is 6.07 Å². The van der Waals surface area contributed by atoms with E-state index in [1.54, 1.807) is 18.2 Å². The van der Waals surface area contributed by atoms with E-state index in [0.717, 1.165) is 0 Å². The molecule has 0 spiro atoms. The second kappa shape index (κ2) is 3.48. The van der Waals surface area contributed by atoms with Crippen LogP contribution in [-0.4, -0.2) is 16.0 Å². The lowest BCUT2D eigenvalue weighted by Gasteiger charge is -2.05. The Hall–Kier alpha value is -1.26. The molecule has 0 aliphatic carbocycles. The van der Waals surface area contributed by atoms with Gasteiger partial charge in [0.2, 0.25) is 0 Å². The molecule has 0 fully saturated rings.